The van der Waals surface area contributed by atoms with Crippen molar-refractivity contribution in [1.29, 1.82) is 0 Å². The third-order valence-corrected chi connectivity index (χ3v) is 2.24. The Hall–Kier alpha value is -1.88. The molecule has 0 aromatic heterocycles. The lowest BCUT2D eigenvalue weighted by atomic mass is 10.1. The number of aliphatic hydroxyl groups excluding tert-OH is 1. The average Bonchev–Trinajstić information content (AvgIpc) is 2.34. The van der Waals surface area contributed by atoms with E-state index in [2.05, 4.69) is 9.98 Å². The summed E-state index contributed by atoms with van der Waals surface area (Å²) in [5, 5.41) is 9.04. The molecule has 0 fully saturated rings. The van der Waals surface area contributed by atoms with E-state index in [1.54, 1.807) is 12.7 Å². The molecule has 0 aliphatic heterocycles. The van der Waals surface area contributed by atoms with Crippen LogP contribution in [0.15, 0.2) is 28.2 Å². The van der Waals surface area contributed by atoms with E-state index in [1.807, 2.05) is 56.2 Å². The summed E-state index contributed by atoms with van der Waals surface area (Å²) in [5.74, 6) is 0. The van der Waals surface area contributed by atoms with Gasteiger partial charge in [-0.3, -0.25) is 0 Å². The maximum atomic E-state index is 9.04. The third-order valence-electron chi connectivity index (χ3n) is 2.24. The van der Waals surface area contributed by atoms with Gasteiger partial charge in [0.05, 0.1) is 24.1 Å². The number of hydrogen-bond donors (Lipinski definition) is 1. The summed E-state index contributed by atoms with van der Waals surface area (Å²) in [4.78, 5) is 12.5. The molecule has 0 unspecified atom stereocenters. The van der Waals surface area contributed by atoms with Crippen molar-refractivity contribution in [3.8, 4) is 0 Å². The Morgan fingerprint density at radius 2 is 1.42 bits per heavy atom. The molecule has 0 aliphatic rings. The Morgan fingerprint density at radius 1 is 0.947 bits per heavy atom. The molecule has 0 atom stereocenters. The van der Waals surface area contributed by atoms with Crippen LogP contribution in [0.4, 0.5) is 11.4 Å². The largest absolute Gasteiger partial charge is 0.396 e. The summed E-state index contributed by atoms with van der Waals surface area (Å²) in [6, 6.07) is 5.84. The van der Waals surface area contributed by atoms with Crippen LogP contribution in [0.1, 0.15) is 5.56 Å². The molecule has 19 heavy (non-hydrogen) atoms. The zero-order chi connectivity index (χ0) is 14.3. The van der Waals surface area contributed by atoms with E-state index in [1.165, 1.54) is 0 Å². The van der Waals surface area contributed by atoms with Crippen LogP contribution in [0.3, 0.4) is 0 Å². The first-order valence-corrected chi connectivity index (χ1v) is 6.17. The zero-order valence-corrected chi connectivity index (χ0v) is 12.0. The minimum Gasteiger partial charge on any atom is -0.396 e. The summed E-state index contributed by atoms with van der Waals surface area (Å²) in [7, 11) is 7.69. The fourth-order valence-electron chi connectivity index (χ4n) is 1.44. The van der Waals surface area contributed by atoms with Crippen LogP contribution in [-0.4, -0.2) is 62.4 Å². The molecule has 0 amide bonds. The van der Waals surface area contributed by atoms with Crippen molar-refractivity contribution in [3.05, 3.63) is 23.8 Å². The minimum atomic E-state index is 0.123. The Labute approximate surface area is 114 Å². The Morgan fingerprint density at radius 3 is 1.79 bits per heavy atom. The summed E-state index contributed by atoms with van der Waals surface area (Å²) in [5.41, 5.74) is 2.71. The molecule has 5 heteroatoms. The Bertz CT molecular complexity index is 417. The predicted octanol–water partition coefficient (Wildman–Crippen LogP) is 1.66. The average molecular weight is 262 g/mol. The van der Waals surface area contributed by atoms with Gasteiger partial charge in [-0.05, 0) is 30.2 Å². The van der Waals surface area contributed by atoms with Crippen LogP contribution in [0, 0.1) is 0 Å². The minimum absolute atomic E-state index is 0.123. The first-order valence-electron chi connectivity index (χ1n) is 6.17. The van der Waals surface area contributed by atoms with Crippen molar-refractivity contribution in [3.63, 3.8) is 0 Å². The predicted molar refractivity (Wildman–Crippen MR) is 80.9 cm³/mol. The van der Waals surface area contributed by atoms with E-state index in [4.69, 9.17) is 5.11 Å². The van der Waals surface area contributed by atoms with Crippen molar-refractivity contribution in [1.82, 2.24) is 9.80 Å². The summed E-state index contributed by atoms with van der Waals surface area (Å²) >= 11 is 0. The van der Waals surface area contributed by atoms with E-state index < -0.39 is 0 Å². The number of aliphatic imine (C=N–C) groups is 2. The molecule has 0 radical (unpaired) electrons. The first-order chi connectivity index (χ1) is 9.01. The number of hydrogen-bond acceptors (Lipinski definition) is 3. The number of nitrogens with zero attached hydrogens (tertiary/aromatic N) is 4. The van der Waals surface area contributed by atoms with E-state index >= 15 is 0 Å². The van der Waals surface area contributed by atoms with Gasteiger partial charge in [-0.25, -0.2) is 9.98 Å². The van der Waals surface area contributed by atoms with Gasteiger partial charge in [0.2, 0.25) is 0 Å². The van der Waals surface area contributed by atoms with Crippen molar-refractivity contribution < 1.29 is 5.11 Å². The monoisotopic (exact) mass is 262 g/mol. The van der Waals surface area contributed by atoms with E-state index in [0.29, 0.717) is 6.42 Å². The molecule has 0 heterocycles. The molecule has 0 aliphatic carbocycles. The van der Waals surface area contributed by atoms with Gasteiger partial charge < -0.3 is 14.9 Å². The van der Waals surface area contributed by atoms with E-state index in [-0.39, 0.29) is 6.61 Å². The van der Waals surface area contributed by atoms with Gasteiger partial charge >= 0.3 is 0 Å². The number of aliphatic hydroxyl groups is 1. The standard InChI is InChI=1S/C14H22N4O/c1-17(2)10-15-13-7-12(5-6-19)8-14(9-13)16-11-18(3)4/h7-11,19H,5-6H2,1-4H3. The van der Waals surface area contributed by atoms with Crippen LogP contribution in [0.5, 0.6) is 0 Å². The lowest BCUT2D eigenvalue weighted by Gasteiger charge is -2.07. The summed E-state index contributed by atoms with van der Waals surface area (Å²) in [6.07, 6.45) is 4.10. The van der Waals surface area contributed by atoms with Crippen molar-refractivity contribution >= 4 is 24.1 Å². The van der Waals surface area contributed by atoms with Crippen LogP contribution in [-0.2, 0) is 6.42 Å². The highest BCUT2D eigenvalue weighted by atomic mass is 16.2. The molecular formula is C14H22N4O. The fraction of sp³-hybridized carbons (Fsp3) is 0.429. The molecular weight excluding hydrogens is 240 g/mol. The van der Waals surface area contributed by atoms with Crippen molar-refractivity contribution in [2.45, 2.75) is 6.42 Å². The van der Waals surface area contributed by atoms with Crippen molar-refractivity contribution in [2.75, 3.05) is 34.8 Å². The molecule has 104 valence electrons. The molecule has 0 bridgehead atoms. The summed E-state index contributed by atoms with van der Waals surface area (Å²) in [6.45, 7) is 0.123. The molecule has 1 aromatic rings. The highest BCUT2D eigenvalue weighted by molar-refractivity contribution is 5.67. The summed E-state index contributed by atoms with van der Waals surface area (Å²) < 4.78 is 0. The smallest absolute Gasteiger partial charge is 0.0907 e. The fourth-order valence-corrected chi connectivity index (χ4v) is 1.44. The number of benzene rings is 1. The second-order valence-electron chi connectivity index (χ2n) is 4.75. The van der Waals surface area contributed by atoms with Crippen LogP contribution >= 0.6 is 0 Å². The maximum Gasteiger partial charge on any atom is 0.0907 e. The first kappa shape index (κ1) is 15.2. The van der Waals surface area contributed by atoms with Gasteiger partial charge in [-0.1, -0.05) is 0 Å². The van der Waals surface area contributed by atoms with Crippen LogP contribution < -0.4 is 0 Å². The molecule has 1 aromatic carbocycles. The third kappa shape index (κ3) is 6.01. The second kappa shape index (κ2) is 7.53. The Kier molecular flexibility index (Phi) is 6.02. The maximum absolute atomic E-state index is 9.04. The molecule has 1 N–H and O–H groups in total. The van der Waals surface area contributed by atoms with Gasteiger partial charge in [-0.2, -0.15) is 0 Å². The van der Waals surface area contributed by atoms with Gasteiger partial charge in [0.25, 0.3) is 0 Å². The van der Waals surface area contributed by atoms with Gasteiger partial charge in [0.1, 0.15) is 0 Å². The van der Waals surface area contributed by atoms with Crippen LogP contribution in [0.2, 0.25) is 0 Å². The van der Waals surface area contributed by atoms with Gasteiger partial charge in [0.15, 0.2) is 0 Å². The van der Waals surface area contributed by atoms with E-state index in [0.717, 1.165) is 16.9 Å². The highest BCUT2D eigenvalue weighted by Gasteiger charge is 1.99. The Balaban J connectivity index is 3.03. The normalized spacial score (nSPS) is 11.4. The van der Waals surface area contributed by atoms with Gasteiger partial charge in [0, 0.05) is 34.8 Å². The van der Waals surface area contributed by atoms with Gasteiger partial charge in [-0.15, -0.1) is 0 Å². The molecule has 0 saturated carbocycles. The number of rotatable bonds is 6. The second-order valence-corrected chi connectivity index (χ2v) is 4.75. The molecule has 1 rings (SSSR count). The molecule has 0 spiro atoms. The quantitative estimate of drug-likeness (QED) is 0.626. The SMILES string of the molecule is CN(C)C=Nc1cc(CCO)cc(N=CN(C)C)c1. The van der Waals surface area contributed by atoms with E-state index in [9.17, 15) is 0 Å². The van der Waals surface area contributed by atoms with Crippen LogP contribution in [0.25, 0.3) is 0 Å². The molecule has 0 saturated heterocycles. The lowest BCUT2D eigenvalue weighted by molar-refractivity contribution is 0.299. The highest BCUT2D eigenvalue weighted by Crippen LogP contribution is 2.23. The lowest BCUT2D eigenvalue weighted by Crippen LogP contribution is -2.07. The van der Waals surface area contributed by atoms with Crippen molar-refractivity contribution in [2.24, 2.45) is 9.98 Å². The molecule has 5 nitrogen and oxygen atoms in total. The zero-order valence-electron chi connectivity index (χ0n) is 12.0. The topological polar surface area (TPSA) is 51.4 Å².